The van der Waals surface area contributed by atoms with E-state index in [1.54, 1.807) is 6.07 Å². The van der Waals surface area contributed by atoms with Crippen molar-refractivity contribution in [1.82, 2.24) is 4.90 Å². The Morgan fingerprint density at radius 3 is 2.85 bits per heavy atom. The van der Waals surface area contributed by atoms with Gasteiger partial charge in [-0.1, -0.05) is 12.1 Å². The molecule has 110 valence electrons. The first-order chi connectivity index (χ1) is 9.40. The van der Waals surface area contributed by atoms with Gasteiger partial charge in [0.05, 0.1) is 12.4 Å². The summed E-state index contributed by atoms with van der Waals surface area (Å²) < 4.78 is 40.4. The number of ether oxygens (including phenoxy) is 1. The summed E-state index contributed by atoms with van der Waals surface area (Å²) in [6, 6.07) is 5.53. The number of benzene rings is 1. The molecular weight excluding hydrogens is 295 g/mol. The van der Waals surface area contributed by atoms with Crippen LogP contribution in [0.25, 0.3) is 0 Å². The Morgan fingerprint density at radius 2 is 2.20 bits per heavy atom. The van der Waals surface area contributed by atoms with Crippen molar-refractivity contribution in [2.75, 3.05) is 18.9 Å². The van der Waals surface area contributed by atoms with Crippen molar-refractivity contribution >= 4 is 17.7 Å². The normalized spacial score (nSPS) is 19.5. The number of β-amino-alcohol motifs (C(OH)–C–C–N with tert-alkyl or cyclic N) is 1. The summed E-state index contributed by atoms with van der Waals surface area (Å²) in [6.07, 6.45) is -4.75. The van der Waals surface area contributed by atoms with Crippen LogP contribution in [0.5, 0.6) is 5.75 Å². The molecule has 1 amide bonds. The van der Waals surface area contributed by atoms with E-state index in [0.717, 1.165) is 0 Å². The lowest BCUT2D eigenvalue weighted by molar-refractivity contribution is -0.274. The summed E-state index contributed by atoms with van der Waals surface area (Å²) in [5, 5.41) is 8.54. The fourth-order valence-corrected chi connectivity index (χ4v) is 3.15. The van der Waals surface area contributed by atoms with E-state index in [-0.39, 0.29) is 30.6 Å². The molecule has 0 bridgehead atoms. The SMILES string of the molecule is O=C1CSC(c2cccc(OC(F)(F)F)c2)N1CCO. The van der Waals surface area contributed by atoms with Gasteiger partial charge in [0.15, 0.2) is 0 Å². The molecule has 0 saturated carbocycles. The molecule has 1 N–H and O–H groups in total. The molecule has 1 aromatic carbocycles. The Bertz CT molecular complexity index is 495. The molecule has 0 aromatic heterocycles. The second kappa shape index (κ2) is 5.92. The predicted octanol–water partition coefficient (Wildman–Crippen LogP) is 2.15. The summed E-state index contributed by atoms with van der Waals surface area (Å²) in [4.78, 5) is 13.1. The zero-order valence-electron chi connectivity index (χ0n) is 10.3. The molecule has 1 aliphatic heterocycles. The molecule has 0 aliphatic carbocycles. The van der Waals surface area contributed by atoms with Gasteiger partial charge in [-0.25, -0.2) is 0 Å². The first-order valence-corrected chi connectivity index (χ1v) is 6.83. The minimum atomic E-state index is -4.75. The van der Waals surface area contributed by atoms with Crippen LogP contribution in [0, 0.1) is 0 Å². The van der Waals surface area contributed by atoms with Crippen LogP contribution in [0.1, 0.15) is 10.9 Å². The van der Waals surface area contributed by atoms with Gasteiger partial charge < -0.3 is 14.7 Å². The van der Waals surface area contributed by atoms with Crippen LogP contribution < -0.4 is 4.74 Å². The molecule has 20 heavy (non-hydrogen) atoms. The number of carbonyl (C=O) groups excluding carboxylic acids is 1. The van der Waals surface area contributed by atoms with Crippen LogP contribution in [0.2, 0.25) is 0 Å². The number of rotatable bonds is 4. The summed E-state index contributed by atoms with van der Waals surface area (Å²) in [6.45, 7) is -0.0393. The van der Waals surface area contributed by atoms with Crippen LogP contribution in [0.15, 0.2) is 24.3 Å². The number of halogens is 3. The third-order valence-electron chi connectivity index (χ3n) is 2.69. The minimum Gasteiger partial charge on any atom is -0.406 e. The molecule has 0 spiro atoms. The molecule has 8 heteroatoms. The van der Waals surface area contributed by atoms with Gasteiger partial charge in [0.25, 0.3) is 0 Å². The minimum absolute atomic E-state index is 0.142. The van der Waals surface area contributed by atoms with Crippen LogP contribution >= 0.6 is 11.8 Å². The van der Waals surface area contributed by atoms with Crippen LogP contribution in [0.3, 0.4) is 0 Å². The molecule has 0 radical (unpaired) electrons. The average molecular weight is 307 g/mol. The van der Waals surface area contributed by atoms with Crippen LogP contribution in [0.4, 0.5) is 13.2 Å². The Labute approximate surface area is 117 Å². The smallest absolute Gasteiger partial charge is 0.406 e. The lowest BCUT2D eigenvalue weighted by atomic mass is 10.2. The molecule has 1 aromatic rings. The van der Waals surface area contributed by atoms with Crippen molar-refractivity contribution in [2.24, 2.45) is 0 Å². The number of amides is 1. The van der Waals surface area contributed by atoms with E-state index < -0.39 is 11.7 Å². The maximum absolute atomic E-state index is 12.2. The highest BCUT2D eigenvalue weighted by molar-refractivity contribution is 8.00. The van der Waals surface area contributed by atoms with Gasteiger partial charge in [0.2, 0.25) is 5.91 Å². The van der Waals surface area contributed by atoms with Crippen LogP contribution in [-0.4, -0.2) is 41.2 Å². The third-order valence-corrected chi connectivity index (χ3v) is 3.94. The van der Waals surface area contributed by atoms with Crippen molar-refractivity contribution in [2.45, 2.75) is 11.7 Å². The summed E-state index contributed by atoms with van der Waals surface area (Å²) >= 11 is 1.31. The number of thioether (sulfide) groups is 1. The molecular formula is C12H12F3NO3S. The van der Waals surface area contributed by atoms with Crippen molar-refractivity contribution in [3.8, 4) is 5.75 Å². The lowest BCUT2D eigenvalue weighted by Gasteiger charge is -2.23. The van der Waals surface area contributed by atoms with E-state index in [9.17, 15) is 18.0 Å². The summed E-state index contributed by atoms with van der Waals surface area (Å²) in [5.74, 6) is -0.218. The van der Waals surface area contributed by atoms with E-state index in [0.29, 0.717) is 5.56 Å². The summed E-state index contributed by atoms with van der Waals surface area (Å²) in [5.41, 5.74) is 0.538. The van der Waals surface area contributed by atoms with Gasteiger partial charge >= 0.3 is 6.36 Å². The number of alkyl halides is 3. The highest BCUT2D eigenvalue weighted by atomic mass is 32.2. The predicted molar refractivity (Wildman–Crippen MR) is 67.1 cm³/mol. The second-order valence-electron chi connectivity index (χ2n) is 4.09. The van der Waals surface area contributed by atoms with Gasteiger partial charge in [-0.3, -0.25) is 4.79 Å². The first kappa shape index (κ1) is 15.0. The van der Waals surface area contributed by atoms with E-state index in [1.807, 2.05) is 0 Å². The van der Waals surface area contributed by atoms with E-state index in [1.165, 1.54) is 34.9 Å². The number of carbonyl (C=O) groups is 1. The first-order valence-electron chi connectivity index (χ1n) is 5.78. The fraction of sp³-hybridized carbons (Fsp3) is 0.417. The lowest BCUT2D eigenvalue weighted by Crippen LogP contribution is -2.30. The van der Waals surface area contributed by atoms with Crippen molar-refractivity contribution in [3.63, 3.8) is 0 Å². The topological polar surface area (TPSA) is 49.8 Å². The monoisotopic (exact) mass is 307 g/mol. The van der Waals surface area contributed by atoms with Gasteiger partial charge in [0.1, 0.15) is 11.1 Å². The Morgan fingerprint density at radius 1 is 1.45 bits per heavy atom. The number of aliphatic hydroxyl groups is 1. The van der Waals surface area contributed by atoms with E-state index in [4.69, 9.17) is 5.11 Å². The molecule has 1 fully saturated rings. The highest BCUT2D eigenvalue weighted by Gasteiger charge is 2.34. The van der Waals surface area contributed by atoms with Crippen molar-refractivity contribution in [3.05, 3.63) is 29.8 Å². The Kier molecular flexibility index (Phi) is 4.44. The van der Waals surface area contributed by atoms with Gasteiger partial charge in [-0.2, -0.15) is 0 Å². The molecule has 1 atom stereocenters. The van der Waals surface area contributed by atoms with Gasteiger partial charge in [0, 0.05) is 6.54 Å². The molecule has 1 heterocycles. The number of hydrogen-bond acceptors (Lipinski definition) is 4. The Hall–Kier alpha value is -1.41. The second-order valence-corrected chi connectivity index (χ2v) is 5.16. The molecule has 1 aliphatic rings. The zero-order valence-corrected chi connectivity index (χ0v) is 11.1. The van der Waals surface area contributed by atoms with Crippen LogP contribution in [-0.2, 0) is 4.79 Å². The average Bonchev–Trinajstić information content (AvgIpc) is 2.70. The third kappa shape index (κ3) is 3.57. The van der Waals surface area contributed by atoms with E-state index >= 15 is 0 Å². The molecule has 2 rings (SSSR count). The van der Waals surface area contributed by atoms with Gasteiger partial charge in [-0.05, 0) is 17.7 Å². The largest absolute Gasteiger partial charge is 0.573 e. The zero-order chi connectivity index (χ0) is 14.8. The summed E-state index contributed by atoms with van der Waals surface area (Å²) in [7, 11) is 0. The molecule has 4 nitrogen and oxygen atoms in total. The number of nitrogens with zero attached hydrogens (tertiary/aromatic N) is 1. The standard InChI is InChI=1S/C12H12F3NO3S/c13-12(14,15)19-9-3-1-2-8(6-9)11-16(4-5-17)10(18)7-20-11/h1-3,6,11,17H,4-5,7H2. The highest BCUT2D eigenvalue weighted by Crippen LogP contribution is 2.39. The molecule has 1 saturated heterocycles. The maximum atomic E-state index is 12.2. The molecule has 1 unspecified atom stereocenters. The number of aliphatic hydroxyl groups excluding tert-OH is 1. The van der Waals surface area contributed by atoms with Crippen molar-refractivity contribution in [1.29, 1.82) is 0 Å². The van der Waals surface area contributed by atoms with E-state index in [2.05, 4.69) is 4.74 Å². The number of hydrogen-bond donors (Lipinski definition) is 1. The maximum Gasteiger partial charge on any atom is 0.573 e. The van der Waals surface area contributed by atoms with Gasteiger partial charge in [-0.15, -0.1) is 24.9 Å². The quantitative estimate of drug-likeness (QED) is 0.926. The Balaban J connectivity index is 2.20. The van der Waals surface area contributed by atoms with Crippen molar-refractivity contribution < 1.29 is 27.8 Å². The fourth-order valence-electron chi connectivity index (χ4n) is 1.95.